The normalized spacial score (nSPS) is 15.0. The Balaban J connectivity index is 2.18. The first-order chi connectivity index (χ1) is 12.4. The van der Waals surface area contributed by atoms with Gasteiger partial charge in [-0.2, -0.15) is 8.42 Å². The Kier molecular flexibility index (Phi) is 5.29. The number of rotatable bonds is 5. The highest BCUT2D eigenvalue weighted by atomic mass is 32.2. The van der Waals surface area contributed by atoms with Crippen molar-refractivity contribution < 1.29 is 17.8 Å². The molecule has 0 saturated carbocycles. The minimum atomic E-state index is -4.39. The van der Waals surface area contributed by atoms with E-state index >= 15 is 0 Å². The monoisotopic (exact) mass is 374 g/mol. The van der Waals surface area contributed by atoms with E-state index in [4.69, 9.17) is 0 Å². The maximum atomic E-state index is 12.1. The zero-order valence-electron chi connectivity index (χ0n) is 14.6. The lowest BCUT2D eigenvalue weighted by Gasteiger charge is -2.28. The molecule has 0 aliphatic carbocycles. The zero-order chi connectivity index (χ0) is 18.7. The van der Waals surface area contributed by atoms with Gasteiger partial charge in [-0.1, -0.05) is 37.6 Å². The first-order valence-corrected chi connectivity index (χ1v) is 10.1. The molecule has 0 radical (unpaired) electrons. The van der Waals surface area contributed by atoms with Gasteiger partial charge in [-0.15, -0.1) is 0 Å². The van der Waals surface area contributed by atoms with Crippen LogP contribution in [0, 0.1) is 0 Å². The highest BCUT2D eigenvalue weighted by molar-refractivity contribution is 7.86. The number of hydrogen-bond acceptors (Lipinski definition) is 3. The van der Waals surface area contributed by atoms with Crippen LogP contribution < -0.4 is 10.2 Å². The van der Waals surface area contributed by atoms with Crippen molar-refractivity contribution in [3.05, 3.63) is 48.0 Å². The van der Waals surface area contributed by atoms with Gasteiger partial charge in [0.05, 0.1) is 0 Å². The van der Waals surface area contributed by atoms with Crippen molar-refractivity contribution >= 4 is 21.8 Å². The lowest BCUT2D eigenvalue weighted by atomic mass is 9.96. The summed E-state index contributed by atoms with van der Waals surface area (Å²) in [5, 5.41) is 2.79. The molecule has 6 nitrogen and oxygen atoms in total. The summed E-state index contributed by atoms with van der Waals surface area (Å²) in [6.45, 7) is 3.24. The predicted octanol–water partition coefficient (Wildman–Crippen LogP) is 3.47. The van der Waals surface area contributed by atoms with Gasteiger partial charge in [0.25, 0.3) is 10.1 Å². The highest BCUT2D eigenvalue weighted by Gasteiger charge is 2.23. The largest absolute Gasteiger partial charge is 0.338 e. The Bertz CT molecular complexity index is 925. The van der Waals surface area contributed by atoms with Gasteiger partial charge >= 0.3 is 6.03 Å². The van der Waals surface area contributed by atoms with Crippen molar-refractivity contribution in [1.82, 2.24) is 5.32 Å². The van der Waals surface area contributed by atoms with Crippen molar-refractivity contribution in [2.24, 2.45) is 0 Å². The molecule has 0 bridgehead atoms. The van der Waals surface area contributed by atoms with Gasteiger partial charge in [0, 0.05) is 24.3 Å². The summed E-state index contributed by atoms with van der Waals surface area (Å²) in [6.07, 6.45) is 2.51. The van der Waals surface area contributed by atoms with Crippen LogP contribution in [0.1, 0.15) is 25.3 Å². The van der Waals surface area contributed by atoms with E-state index < -0.39 is 10.1 Å². The van der Waals surface area contributed by atoms with E-state index in [1.807, 2.05) is 24.3 Å². The van der Waals surface area contributed by atoms with Gasteiger partial charge in [-0.05, 0) is 42.2 Å². The van der Waals surface area contributed by atoms with Crippen LogP contribution in [0.3, 0.4) is 0 Å². The molecule has 3 rings (SSSR count). The second-order valence-electron chi connectivity index (χ2n) is 6.30. The molecule has 1 heterocycles. The molecule has 1 aliphatic rings. The fourth-order valence-corrected chi connectivity index (χ4v) is 3.95. The molecule has 2 aromatic rings. The van der Waals surface area contributed by atoms with Crippen LogP contribution in [0.2, 0.25) is 0 Å². The number of nitrogens with one attached hydrogen (secondary N) is 1. The third-order valence-electron chi connectivity index (χ3n) is 4.46. The molecule has 1 aliphatic heterocycles. The average Bonchev–Trinajstić information content (AvgIpc) is 2.62. The molecule has 0 spiro atoms. The van der Waals surface area contributed by atoms with Gasteiger partial charge in [0.1, 0.15) is 4.90 Å². The summed E-state index contributed by atoms with van der Waals surface area (Å²) in [5.74, 6) is 0. The number of carbonyl (C=O) groups is 1. The highest BCUT2D eigenvalue weighted by Crippen LogP contribution is 2.34. The second kappa shape index (κ2) is 7.47. The minimum Gasteiger partial charge on any atom is -0.338 e. The molecule has 2 amide bonds. The van der Waals surface area contributed by atoms with E-state index in [-0.39, 0.29) is 10.9 Å². The molecule has 0 atom stereocenters. The topological polar surface area (TPSA) is 86.7 Å². The second-order valence-corrected chi connectivity index (χ2v) is 7.69. The smallest absolute Gasteiger partial charge is 0.321 e. The van der Waals surface area contributed by atoms with E-state index in [2.05, 4.69) is 12.2 Å². The molecule has 7 heteroatoms. The van der Waals surface area contributed by atoms with E-state index in [1.165, 1.54) is 6.07 Å². The maximum Gasteiger partial charge on any atom is 0.321 e. The standard InChI is InChI=1S/C19H22N2O4S/c1-2-6-14-7-3-4-8-16(14)17-13-15(9-10-18(17)26(23,24)25)21-12-5-11-20-19(21)22/h3-4,7-10,13H,2,5-6,11-12H2,1H3,(H,20,22)(H,23,24,25). The molecular weight excluding hydrogens is 352 g/mol. The van der Waals surface area contributed by atoms with Gasteiger partial charge in [0.15, 0.2) is 0 Å². The van der Waals surface area contributed by atoms with Gasteiger partial charge in [-0.3, -0.25) is 9.45 Å². The quantitative estimate of drug-likeness (QED) is 0.785. The Hall–Kier alpha value is -2.38. The average molecular weight is 374 g/mol. The van der Waals surface area contributed by atoms with E-state index in [0.717, 1.165) is 30.4 Å². The molecule has 1 saturated heterocycles. The molecule has 0 unspecified atom stereocenters. The first-order valence-electron chi connectivity index (χ1n) is 8.67. The van der Waals surface area contributed by atoms with Crippen LogP contribution in [0.5, 0.6) is 0 Å². The van der Waals surface area contributed by atoms with Gasteiger partial charge < -0.3 is 5.32 Å². The number of hydrogen-bond donors (Lipinski definition) is 2. The Morgan fingerprint density at radius 3 is 2.62 bits per heavy atom. The van der Waals surface area contributed by atoms with Crippen molar-refractivity contribution in [2.45, 2.75) is 31.1 Å². The van der Waals surface area contributed by atoms with Crippen LogP contribution in [0.25, 0.3) is 11.1 Å². The van der Waals surface area contributed by atoms with Crippen molar-refractivity contribution in [3.63, 3.8) is 0 Å². The van der Waals surface area contributed by atoms with E-state index in [1.54, 1.807) is 17.0 Å². The number of aryl methyl sites for hydroxylation is 1. The number of urea groups is 1. The third-order valence-corrected chi connectivity index (χ3v) is 5.37. The van der Waals surface area contributed by atoms with Gasteiger partial charge in [-0.25, -0.2) is 4.79 Å². The Morgan fingerprint density at radius 1 is 1.15 bits per heavy atom. The molecular formula is C19H22N2O4S. The Labute approximate surface area is 153 Å². The summed E-state index contributed by atoms with van der Waals surface area (Å²) in [7, 11) is -4.39. The fourth-order valence-electron chi connectivity index (χ4n) is 3.27. The van der Waals surface area contributed by atoms with Crippen LogP contribution in [0.15, 0.2) is 47.4 Å². The van der Waals surface area contributed by atoms with Crippen molar-refractivity contribution in [1.29, 1.82) is 0 Å². The van der Waals surface area contributed by atoms with Crippen LogP contribution >= 0.6 is 0 Å². The number of amides is 2. The van der Waals surface area contributed by atoms with Crippen LogP contribution in [-0.4, -0.2) is 32.1 Å². The molecule has 2 N–H and O–H groups in total. The molecule has 138 valence electrons. The minimum absolute atomic E-state index is 0.151. The summed E-state index contributed by atoms with van der Waals surface area (Å²) in [4.78, 5) is 13.6. The van der Waals surface area contributed by atoms with Crippen molar-refractivity contribution in [3.8, 4) is 11.1 Å². The number of benzene rings is 2. The lowest BCUT2D eigenvalue weighted by molar-refractivity contribution is 0.243. The lowest BCUT2D eigenvalue weighted by Crippen LogP contribution is -2.46. The summed E-state index contributed by atoms with van der Waals surface area (Å²) < 4.78 is 33.5. The summed E-state index contributed by atoms with van der Waals surface area (Å²) >= 11 is 0. The fraction of sp³-hybridized carbons (Fsp3) is 0.316. The third kappa shape index (κ3) is 3.73. The first kappa shape index (κ1) is 18.4. The number of anilines is 1. The van der Waals surface area contributed by atoms with Crippen LogP contribution in [-0.2, 0) is 16.5 Å². The Morgan fingerprint density at radius 2 is 1.92 bits per heavy atom. The van der Waals surface area contributed by atoms with E-state index in [9.17, 15) is 17.8 Å². The van der Waals surface area contributed by atoms with Crippen LogP contribution in [0.4, 0.5) is 10.5 Å². The molecule has 2 aromatic carbocycles. The summed E-state index contributed by atoms with van der Waals surface area (Å²) in [5.41, 5.74) is 2.77. The number of nitrogens with zero attached hydrogens (tertiary/aromatic N) is 1. The molecule has 0 aromatic heterocycles. The predicted molar refractivity (Wildman–Crippen MR) is 101 cm³/mol. The number of carbonyl (C=O) groups excluding carboxylic acids is 1. The SMILES string of the molecule is CCCc1ccccc1-c1cc(N2CCCNC2=O)ccc1S(=O)(=O)O. The van der Waals surface area contributed by atoms with Crippen molar-refractivity contribution in [2.75, 3.05) is 18.0 Å². The maximum absolute atomic E-state index is 12.1. The van der Waals surface area contributed by atoms with E-state index in [0.29, 0.717) is 24.3 Å². The summed E-state index contributed by atoms with van der Waals surface area (Å²) in [6, 6.07) is 11.9. The molecule has 1 fully saturated rings. The zero-order valence-corrected chi connectivity index (χ0v) is 15.4. The molecule has 26 heavy (non-hydrogen) atoms. The van der Waals surface area contributed by atoms with Gasteiger partial charge in [0.2, 0.25) is 0 Å².